The third kappa shape index (κ3) is 4.23. The number of hydrogen-bond acceptors (Lipinski definition) is 2. The lowest BCUT2D eigenvalue weighted by atomic mass is 10.0. The van der Waals surface area contributed by atoms with E-state index in [1.54, 1.807) is 0 Å². The average molecular weight is 265 g/mol. The summed E-state index contributed by atoms with van der Waals surface area (Å²) < 4.78 is 52.5. The Morgan fingerprint density at radius 1 is 1.44 bits per heavy atom. The van der Waals surface area contributed by atoms with Crippen molar-refractivity contribution in [2.24, 2.45) is 11.7 Å². The minimum absolute atomic E-state index is 0.115. The van der Waals surface area contributed by atoms with Crippen molar-refractivity contribution in [3.05, 3.63) is 29.6 Å². The number of benzene rings is 1. The average Bonchev–Trinajstić information content (AvgIpc) is 2.20. The summed E-state index contributed by atoms with van der Waals surface area (Å²) in [5.41, 5.74) is 5.36. The van der Waals surface area contributed by atoms with Gasteiger partial charge in [0.2, 0.25) is 5.91 Å². The summed E-state index contributed by atoms with van der Waals surface area (Å²) in [4.78, 5) is 10.8. The normalized spacial score (nSPS) is 13.2. The fourth-order valence-corrected chi connectivity index (χ4v) is 1.33. The standard InChI is InChI=1S/C11H11F4NO2/c1-6(10(16)17)4-7-2-3-8(12)9(5-7)18-11(13,14)15/h2-3,5-6H,4H2,1H3,(H2,16,17). The van der Waals surface area contributed by atoms with Gasteiger partial charge in [-0.25, -0.2) is 4.39 Å². The van der Waals surface area contributed by atoms with Crippen LogP contribution in [-0.4, -0.2) is 12.3 Å². The van der Waals surface area contributed by atoms with Crippen LogP contribution in [-0.2, 0) is 11.2 Å². The molecule has 0 heterocycles. The van der Waals surface area contributed by atoms with Crippen LogP contribution in [0.1, 0.15) is 12.5 Å². The van der Waals surface area contributed by atoms with Gasteiger partial charge in [0.25, 0.3) is 0 Å². The van der Waals surface area contributed by atoms with Crippen molar-refractivity contribution in [3.8, 4) is 5.75 Å². The number of carbonyl (C=O) groups excluding carboxylic acids is 1. The first kappa shape index (κ1) is 14.3. The fourth-order valence-electron chi connectivity index (χ4n) is 1.33. The van der Waals surface area contributed by atoms with Crippen LogP contribution in [0, 0.1) is 11.7 Å². The Morgan fingerprint density at radius 2 is 2.06 bits per heavy atom. The number of rotatable bonds is 4. The zero-order valence-electron chi connectivity index (χ0n) is 9.42. The molecule has 0 aromatic heterocycles. The highest BCUT2D eigenvalue weighted by molar-refractivity contribution is 5.76. The van der Waals surface area contributed by atoms with Crippen molar-refractivity contribution >= 4 is 5.91 Å². The van der Waals surface area contributed by atoms with Crippen molar-refractivity contribution < 1.29 is 27.1 Å². The van der Waals surface area contributed by atoms with Gasteiger partial charge in [-0.1, -0.05) is 13.0 Å². The number of carbonyl (C=O) groups is 1. The minimum atomic E-state index is -4.96. The SMILES string of the molecule is CC(Cc1ccc(F)c(OC(F)(F)F)c1)C(N)=O. The third-order valence-electron chi connectivity index (χ3n) is 2.25. The van der Waals surface area contributed by atoms with Gasteiger partial charge < -0.3 is 10.5 Å². The van der Waals surface area contributed by atoms with E-state index in [-0.39, 0.29) is 6.42 Å². The lowest BCUT2D eigenvalue weighted by molar-refractivity contribution is -0.275. The predicted molar refractivity (Wildman–Crippen MR) is 55.1 cm³/mol. The largest absolute Gasteiger partial charge is 0.573 e. The van der Waals surface area contributed by atoms with E-state index in [0.717, 1.165) is 12.1 Å². The maximum absolute atomic E-state index is 13.1. The molecule has 2 N–H and O–H groups in total. The van der Waals surface area contributed by atoms with Crippen LogP contribution < -0.4 is 10.5 Å². The van der Waals surface area contributed by atoms with E-state index in [4.69, 9.17) is 5.73 Å². The summed E-state index contributed by atoms with van der Waals surface area (Å²) in [6.45, 7) is 1.52. The van der Waals surface area contributed by atoms with Crippen LogP contribution in [0.5, 0.6) is 5.75 Å². The third-order valence-corrected chi connectivity index (χ3v) is 2.25. The summed E-state index contributed by atoms with van der Waals surface area (Å²) in [5, 5.41) is 0. The number of hydrogen-bond donors (Lipinski definition) is 1. The molecule has 0 fully saturated rings. The van der Waals surface area contributed by atoms with Crippen LogP contribution in [0.2, 0.25) is 0 Å². The summed E-state index contributed by atoms with van der Waals surface area (Å²) in [6, 6.07) is 3.03. The zero-order valence-corrected chi connectivity index (χ0v) is 9.42. The Balaban J connectivity index is 2.90. The van der Waals surface area contributed by atoms with E-state index in [1.165, 1.54) is 13.0 Å². The first-order chi connectivity index (χ1) is 8.19. The van der Waals surface area contributed by atoms with Gasteiger partial charge >= 0.3 is 6.36 Å². The molecule has 1 rings (SSSR count). The molecule has 1 aromatic carbocycles. The fraction of sp³-hybridized carbons (Fsp3) is 0.364. The van der Waals surface area contributed by atoms with Crippen molar-refractivity contribution in [1.29, 1.82) is 0 Å². The molecule has 0 spiro atoms. The lowest BCUT2D eigenvalue weighted by Crippen LogP contribution is -2.22. The molecule has 3 nitrogen and oxygen atoms in total. The number of nitrogens with two attached hydrogens (primary N) is 1. The zero-order chi connectivity index (χ0) is 13.9. The van der Waals surface area contributed by atoms with E-state index in [2.05, 4.69) is 4.74 Å². The Bertz CT molecular complexity index is 445. The molecule has 0 saturated carbocycles. The van der Waals surface area contributed by atoms with Gasteiger partial charge in [0.15, 0.2) is 11.6 Å². The van der Waals surface area contributed by atoms with Gasteiger partial charge in [-0.3, -0.25) is 4.79 Å². The van der Waals surface area contributed by atoms with Crippen molar-refractivity contribution in [2.45, 2.75) is 19.7 Å². The topological polar surface area (TPSA) is 52.3 Å². The van der Waals surface area contributed by atoms with E-state index < -0.39 is 29.8 Å². The molecule has 1 amide bonds. The first-order valence-corrected chi connectivity index (χ1v) is 5.02. The Kier molecular flexibility index (Phi) is 4.15. The van der Waals surface area contributed by atoms with Crippen LogP contribution >= 0.6 is 0 Å². The molecule has 18 heavy (non-hydrogen) atoms. The van der Waals surface area contributed by atoms with Gasteiger partial charge in [0.05, 0.1) is 0 Å². The molecular formula is C11H11F4NO2. The molecular weight excluding hydrogens is 254 g/mol. The maximum Gasteiger partial charge on any atom is 0.573 e. The molecule has 0 saturated heterocycles. The lowest BCUT2D eigenvalue weighted by Gasteiger charge is -2.12. The summed E-state index contributed by atoms with van der Waals surface area (Å²) >= 11 is 0. The van der Waals surface area contributed by atoms with Crippen LogP contribution in [0.15, 0.2) is 18.2 Å². The summed E-state index contributed by atoms with van der Waals surface area (Å²) in [5.74, 6) is -3.19. The number of alkyl halides is 3. The van der Waals surface area contributed by atoms with Gasteiger partial charge in [0.1, 0.15) is 0 Å². The second-order valence-corrected chi connectivity index (χ2v) is 3.82. The smallest absolute Gasteiger partial charge is 0.403 e. The predicted octanol–water partition coefficient (Wildman–Crippen LogP) is 2.39. The number of ether oxygens (including phenoxy) is 1. The highest BCUT2D eigenvalue weighted by Crippen LogP contribution is 2.27. The summed E-state index contributed by atoms with van der Waals surface area (Å²) in [7, 11) is 0. The number of amides is 1. The summed E-state index contributed by atoms with van der Waals surface area (Å²) in [6.07, 6.45) is -4.85. The van der Waals surface area contributed by atoms with Crippen molar-refractivity contribution in [3.63, 3.8) is 0 Å². The molecule has 0 aliphatic carbocycles. The van der Waals surface area contributed by atoms with E-state index in [0.29, 0.717) is 5.56 Å². The highest BCUT2D eigenvalue weighted by atomic mass is 19.4. The second-order valence-electron chi connectivity index (χ2n) is 3.82. The molecule has 0 aliphatic rings. The quantitative estimate of drug-likeness (QED) is 0.850. The molecule has 100 valence electrons. The minimum Gasteiger partial charge on any atom is -0.403 e. The van der Waals surface area contributed by atoms with Gasteiger partial charge in [-0.2, -0.15) is 0 Å². The Hall–Kier alpha value is -1.79. The highest BCUT2D eigenvalue weighted by Gasteiger charge is 2.32. The van der Waals surface area contributed by atoms with Crippen molar-refractivity contribution in [1.82, 2.24) is 0 Å². The van der Waals surface area contributed by atoms with E-state index >= 15 is 0 Å². The maximum atomic E-state index is 13.1. The number of halogens is 4. The van der Waals surface area contributed by atoms with Crippen LogP contribution in [0.4, 0.5) is 17.6 Å². The van der Waals surface area contributed by atoms with E-state index in [1.807, 2.05) is 0 Å². The molecule has 0 radical (unpaired) electrons. The van der Waals surface area contributed by atoms with Gasteiger partial charge in [0, 0.05) is 5.92 Å². The molecule has 0 aliphatic heterocycles. The molecule has 0 bridgehead atoms. The monoisotopic (exact) mass is 265 g/mol. The van der Waals surface area contributed by atoms with Crippen LogP contribution in [0.3, 0.4) is 0 Å². The first-order valence-electron chi connectivity index (χ1n) is 5.02. The van der Waals surface area contributed by atoms with Crippen LogP contribution in [0.25, 0.3) is 0 Å². The Morgan fingerprint density at radius 3 is 2.56 bits per heavy atom. The molecule has 1 atom stereocenters. The van der Waals surface area contributed by atoms with E-state index in [9.17, 15) is 22.4 Å². The Labute approximate surface area is 101 Å². The van der Waals surface area contributed by atoms with Gasteiger partial charge in [-0.15, -0.1) is 13.2 Å². The van der Waals surface area contributed by atoms with Crippen molar-refractivity contribution in [2.75, 3.05) is 0 Å². The number of primary amides is 1. The second kappa shape index (κ2) is 5.24. The molecule has 1 unspecified atom stereocenters. The molecule has 7 heteroatoms. The molecule has 1 aromatic rings. The van der Waals surface area contributed by atoms with Gasteiger partial charge in [-0.05, 0) is 24.1 Å².